The van der Waals surface area contributed by atoms with Crippen molar-refractivity contribution in [3.05, 3.63) is 34.3 Å². The normalized spacial score (nSPS) is 14.3. The molecule has 18 heavy (non-hydrogen) atoms. The standard InChI is InChI=1S/C14H20BrNO2/c1-5-18-13(17)10-14(2,16(3)4)11-6-8-12(15)9-7-11/h6-9H,5,10H2,1-4H3. The lowest BCUT2D eigenvalue weighted by atomic mass is 9.87. The summed E-state index contributed by atoms with van der Waals surface area (Å²) in [5.41, 5.74) is 0.746. The summed E-state index contributed by atoms with van der Waals surface area (Å²) >= 11 is 3.42. The third kappa shape index (κ3) is 3.56. The van der Waals surface area contributed by atoms with E-state index in [4.69, 9.17) is 4.74 Å². The van der Waals surface area contributed by atoms with Gasteiger partial charge in [0.05, 0.1) is 18.6 Å². The van der Waals surface area contributed by atoms with Gasteiger partial charge in [0.1, 0.15) is 0 Å². The van der Waals surface area contributed by atoms with Gasteiger partial charge in [-0.3, -0.25) is 9.69 Å². The van der Waals surface area contributed by atoms with Gasteiger partial charge in [0, 0.05) is 4.47 Å². The SMILES string of the molecule is CCOC(=O)CC(C)(c1ccc(Br)cc1)N(C)C. The first-order valence-corrected chi connectivity index (χ1v) is 6.78. The van der Waals surface area contributed by atoms with Crippen LogP contribution in [0.2, 0.25) is 0 Å². The number of benzene rings is 1. The maximum atomic E-state index is 11.7. The lowest BCUT2D eigenvalue weighted by Crippen LogP contribution is -2.40. The fourth-order valence-electron chi connectivity index (χ4n) is 1.82. The number of halogens is 1. The van der Waals surface area contributed by atoms with E-state index in [1.807, 2.05) is 57.1 Å². The molecule has 100 valence electrons. The van der Waals surface area contributed by atoms with Gasteiger partial charge in [-0.05, 0) is 45.6 Å². The zero-order chi connectivity index (χ0) is 13.8. The van der Waals surface area contributed by atoms with Crippen molar-refractivity contribution in [1.82, 2.24) is 4.90 Å². The third-order valence-corrected chi connectivity index (χ3v) is 3.78. The first-order chi connectivity index (χ1) is 8.40. The minimum absolute atomic E-state index is 0.170. The average molecular weight is 314 g/mol. The van der Waals surface area contributed by atoms with Crippen LogP contribution in [0.15, 0.2) is 28.7 Å². The molecule has 1 atom stereocenters. The van der Waals surface area contributed by atoms with Gasteiger partial charge in [-0.15, -0.1) is 0 Å². The molecular formula is C14H20BrNO2. The maximum Gasteiger partial charge on any atom is 0.307 e. The van der Waals surface area contributed by atoms with Gasteiger partial charge < -0.3 is 4.74 Å². The van der Waals surface area contributed by atoms with Crippen molar-refractivity contribution in [2.45, 2.75) is 25.8 Å². The molecule has 3 nitrogen and oxygen atoms in total. The molecule has 0 saturated carbocycles. The smallest absolute Gasteiger partial charge is 0.307 e. The summed E-state index contributed by atoms with van der Waals surface area (Å²) in [5.74, 6) is -0.170. The zero-order valence-corrected chi connectivity index (χ0v) is 13.0. The molecule has 1 aromatic carbocycles. The second-order valence-corrected chi connectivity index (χ2v) is 5.57. The Morgan fingerprint density at radius 2 is 1.89 bits per heavy atom. The van der Waals surface area contributed by atoms with Gasteiger partial charge in [-0.1, -0.05) is 28.1 Å². The Morgan fingerprint density at radius 3 is 2.33 bits per heavy atom. The van der Waals surface area contributed by atoms with Crippen LogP contribution in [0.4, 0.5) is 0 Å². The molecule has 0 aliphatic rings. The van der Waals surface area contributed by atoms with E-state index in [0.717, 1.165) is 10.0 Å². The molecule has 0 saturated heterocycles. The van der Waals surface area contributed by atoms with E-state index in [2.05, 4.69) is 15.9 Å². The summed E-state index contributed by atoms with van der Waals surface area (Å²) in [6.45, 7) is 4.29. The van der Waals surface area contributed by atoms with Crippen molar-refractivity contribution in [2.24, 2.45) is 0 Å². The second kappa shape index (κ2) is 6.34. The minimum Gasteiger partial charge on any atom is -0.466 e. The largest absolute Gasteiger partial charge is 0.466 e. The van der Waals surface area contributed by atoms with Crippen LogP contribution in [0, 0.1) is 0 Å². The van der Waals surface area contributed by atoms with Crippen molar-refractivity contribution < 1.29 is 9.53 Å². The maximum absolute atomic E-state index is 11.7. The molecule has 0 aliphatic carbocycles. The molecule has 4 heteroatoms. The number of nitrogens with zero attached hydrogens (tertiary/aromatic N) is 1. The molecule has 1 rings (SSSR count). The molecular weight excluding hydrogens is 294 g/mol. The van der Waals surface area contributed by atoms with Gasteiger partial charge in [0.2, 0.25) is 0 Å². The van der Waals surface area contributed by atoms with Gasteiger partial charge in [0.25, 0.3) is 0 Å². The summed E-state index contributed by atoms with van der Waals surface area (Å²) in [4.78, 5) is 13.8. The fourth-order valence-corrected chi connectivity index (χ4v) is 2.08. The van der Waals surface area contributed by atoms with E-state index in [1.54, 1.807) is 0 Å². The molecule has 0 heterocycles. The lowest BCUT2D eigenvalue weighted by molar-refractivity contribution is -0.146. The van der Waals surface area contributed by atoms with Crippen LogP contribution in [-0.4, -0.2) is 31.6 Å². The quantitative estimate of drug-likeness (QED) is 0.782. The Morgan fingerprint density at radius 1 is 1.33 bits per heavy atom. The van der Waals surface area contributed by atoms with Crippen molar-refractivity contribution >= 4 is 21.9 Å². The monoisotopic (exact) mass is 313 g/mol. The number of hydrogen-bond donors (Lipinski definition) is 0. The second-order valence-electron chi connectivity index (χ2n) is 4.66. The van der Waals surface area contributed by atoms with Crippen LogP contribution < -0.4 is 0 Å². The van der Waals surface area contributed by atoms with Crippen molar-refractivity contribution in [1.29, 1.82) is 0 Å². The van der Waals surface area contributed by atoms with Gasteiger partial charge >= 0.3 is 5.97 Å². The van der Waals surface area contributed by atoms with E-state index in [9.17, 15) is 4.79 Å². The summed E-state index contributed by atoms with van der Waals surface area (Å²) in [5, 5.41) is 0. The van der Waals surface area contributed by atoms with Crippen LogP contribution in [0.25, 0.3) is 0 Å². The van der Waals surface area contributed by atoms with E-state index < -0.39 is 0 Å². The first-order valence-electron chi connectivity index (χ1n) is 5.99. The third-order valence-electron chi connectivity index (χ3n) is 3.25. The van der Waals surface area contributed by atoms with Gasteiger partial charge in [-0.2, -0.15) is 0 Å². The van der Waals surface area contributed by atoms with Gasteiger partial charge in [-0.25, -0.2) is 0 Å². The number of ether oxygens (including phenoxy) is 1. The van der Waals surface area contributed by atoms with Crippen LogP contribution in [0.5, 0.6) is 0 Å². The summed E-state index contributed by atoms with van der Waals surface area (Å²) in [7, 11) is 3.95. The van der Waals surface area contributed by atoms with Crippen LogP contribution >= 0.6 is 15.9 Å². The van der Waals surface area contributed by atoms with Crippen molar-refractivity contribution in [3.8, 4) is 0 Å². The zero-order valence-electron chi connectivity index (χ0n) is 11.4. The summed E-state index contributed by atoms with van der Waals surface area (Å²) < 4.78 is 6.09. The topological polar surface area (TPSA) is 29.5 Å². The number of carbonyl (C=O) groups excluding carboxylic acids is 1. The Kier molecular flexibility index (Phi) is 5.35. The molecule has 0 N–H and O–H groups in total. The highest BCUT2D eigenvalue weighted by Crippen LogP contribution is 2.31. The van der Waals surface area contributed by atoms with Gasteiger partial charge in [0.15, 0.2) is 0 Å². The van der Waals surface area contributed by atoms with Crippen LogP contribution in [0.3, 0.4) is 0 Å². The summed E-state index contributed by atoms with van der Waals surface area (Å²) in [6, 6.07) is 8.04. The lowest BCUT2D eigenvalue weighted by Gasteiger charge is -2.36. The number of esters is 1. The Hall–Kier alpha value is -0.870. The summed E-state index contributed by atoms with van der Waals surface area (Å²) in [6.07, 6.45) is 0.343. The molecule has 0 aromatic heterocycles. The molecule has 0 spiro atoms. The Balaban J connectivity index is 2.99. The predicted molar refractivity (Wildman–Crippen MR) is 76.4 cm³/mol. The molecule has 0 amide bonds. The molecule has 1 unspecified atom stereocenters. The molecule has 0 fully saturated rings. The number of hydrogen-bond acceptors (Lipinski definition) is 3. The molecule has 1 aromatic rings. The van der Waals surface area contributed by atoms with E-state index in [-0.39, 0.29) is 11.5 Å². The highest BCUT2D eigenvalue weighted by Gasteiger charge is 2.32. The molecule has 0 radical (unpaired) electrons. The van der Waals surface area contributed by atoms with Crippen molar-refractivity contribution in [2.75, 3.05) is 20.7 Å². The number of carbonyl (C=O) groups is 1. The van der Waals surface area contributed by atoms with E-state index >= 15 is 0 Å². The fraction of sp³-hybridized carbons (Fsp3) is 0.500. The minimum atomic E-state index is -0.354. The van der Waals surface area contributed by atoms with Crippen LogP contribution in [-0.2, 0) is 15.1 Å². The average Bonchev–Trinajstić information content (AvgIpc) is 2.29. The Bertz CT molecular complexity index is 403. The van der Waals surface area contributed by atoms with Crippen LogP contribution in [0.1, 0.15) is 25.8 Å². The highest BCUT2D eigenvalue weighted by molar-refractivity contribution is 9.10. The number of rotatable bonds is 5. The predicted octanol–water partition coefficient (Wildman–Crippen LogP) is 3.18. The Labute approximate surface area is 117 Å². The molecule has 0 bridgehead atoms. The first kappa shape index (κ1) is 15.2. The van der Waals surface area contributed by atoms with E-state index in [0.29, 0.717) is 13.0 Å². The van der Waals surface area contributed by atoms with Crippen molar-refractivity contribution in [3.63, 3.8) is 0 Å². The highest BCUT2D eigenvalue weighted by atomic mass is 79.9. The van der Waals surface area contributed by atoms with E-state index in [1.165, 1.54) is 0 Å². The molecule has 0 aliphatic heterocycles.